The van der Waals surface area contributed by atoms with E-state index >= 15 is 4.39 Å². The Labute approximate surface area is 221 Å². The third-order valence-corrected chi connectivity index (χ3v) is 6.82. The number of rotatable bonds is 8. The summed E-state index contributed by atoms with van der Waals surface area (Å²) < 4.78 is 18.5. The van der Waals surface area contributed by atoms with Crippen molar-refractivity contribution in [2.45, 2.75) is 19.4 Å². The number of nitrogens with one attached hydrogen (secondary N) is 2. The van der Waals surface area contributed by atoms with Crippen LogP contribution in [0.4, 0.5) is 4.39 Å². The van der Waals surface area contributed by atoms with Gasteiger partial charge in [0.05, 0.1) is 29.5 Å². The predicted octanol–water partition coefficient (Wildman–Crippen LogP) is 0.992. The minimum absolute atomic E-state index is 0.0523. The summed E-state index contributed by atoms with van der Waals surface area (Å²) in [6, 6.07) is 8.51. The standard InChI is InChI=1S/C26H26FN7O5/c1-14(35)33-11-16(12-33)26-25-17(18-7-21-15(6-19(18)27)8-30-32(21)2)4-3-5-20(25)34(31-26)13-23(37)28-9-22(36)29-10-24(38)39/h3-8,16H,9-13H2,1-2H3,(H,28,37)(H,29,36)(H,38,39). The van der Waals surface area contributed by atoms with E-state index in [1.807, 2.05) is 0 Å². The maximum atomic E-state index is 15.4. The van der Waals surface area contributed by atoms with Crippen LogP contribution in [0.25, 0.3) is 32.9 Å². The van der Waals surface area contributed by atoms with Gasteiger partial charge in [-0.1, -0.05) is 12.1 Å². The smallest absolute Gasteiger partial charge is 0.322 e. The van der Waals surface area contributed by atoms with Gasteiger partial charge in [-0.2, -0.15) is 10.2 Å². The molecule has 0 spiro atoms. The lowest BCUT2D eigenvalue weighted by atomic mass is 9.90. The lowest BCUT2D eigenvalue weighted by Gasteiger charge is -2.38. The maximum Gasteiger partial charge on any atom is 0.322 e. The Morgan fingerprint density at radius 1 is 1.05 bits per heavy atom. The van der Waals surface area contributed by atoms with Crippen molar-refractivity contribution in [2.75, 3.05) is 26.2 Å². The van der Waals surface area contributed by atoms with Crippen molar-refractivity contribution in [1.82, 2.24) is 35.1 Å². The van der Waals surface area contributed by atoms with E-state index in [9.17, 15) is 19.2 Å². The molecule has 202 valence electrons. The first kappa shape index (κ1) is 25.8. The molecule has 0 radical (unpaired) electrons. The van der Waals surface area contributed by atoms with E-state index in [2.05, 4.69) is 15.7 Å². The number of hydrogen-bond donors (Lipinski definition) is 3. The zero-order valence-electron chi connectivity index (χ0n) is 21.3. The predicted molar refractivity (Wildman–Crippen MR) is 138 cm³/mol. The van der Waals surface area contributed by atoms with Crippen molar-refractivity contribution >= 4 is 45.5 Å². The summed E-state index contributed by atoms with van der Waals surface area (Å²) in [5.74, 6) is -2.93. The Bertz CT molecular complexity index is 1640. The summed E-state index contributed by atoms with van der Waals surface area (Å²) in [4.78, 5) is 48.6. The van der Waals surface area contributed by atoms with Crippen LogP contribution in [0.1, 0.15) is 18.5 Å². The highest BCUT2D eigenvalue weighted by Crippen LogP contribution is 2.39. The average molecular weight is 536 g/mol. The zero-order valence-corrected chi connectivity index (χ0v) is 21.3. The van der Waals surface area contributed by atoms with Crippen LogP contribution in [0, 0.1) is 5.82 Å². The minimum atomic E-state index is -1.20. The average Bonchev–Trinajstić information content (AvgIpc) is 3.39. The number of fused-ring (bicyclic) bond motifs is 2. The van der Waals surface area contributed by atoms with E-state index in [0.29, 0.717) is 46.2 Å². The molecule has 1 fully saturated rings. The first-order chi connectivity index (χ1) is 18.6. The third-order valence-electron chi connectivity index (χ3n) is 6.82. The minimum Gasteiger partial charge on any atom is -0.480 e. The van der Waals surface area contributed by atoms with Gasteiger partial charge in [0.1, 0.15) is 18.9 Å². The summed E-state index contributed by atoms with van der Waals surface area (Å²) in [7, 11) is 1.78. The number of benzene rings is 2. The number of likely N-dealkylation sites (tertiary alicyclic amines) is 1. The number of aliphatic carboxylic acids is 1. The number of aryl methyl sites for hydroxylation is 1. The second-order valence-corrected chi connectivity index (χ2v) is 9.47. The fraction of sp³-hybridized carbons (Fsp3) is 0.308. The molecule has 1 saturated heterocycles. The van der Waals surface area contributed by atoms with Crippen LogP contribution in [0.3, 0.4) is 0 Å². The topological polar surface area (TPSA) is 151 Å². The van der Waals surface area contributed by atoms with E-state index in [-0.39, 0.29) is 18.4 Å². The summed E-state index contributed by atoms with van der Waals surface area (Å²) in [5, 5.41) is 23.6. The normalized spacial score (nSPS) is 13.5. The van der Waals surface area contributed by atoms with Crippen LogP contribution < -0.4 is 10.6 Å². The third kappa shape index (κ3) is 5.02. The highest BCUT2D eigenvalue weighted by Gasteiger charge is 2.34. The van der Waals surface area contributed by atoms with E-state index in [0.717, 1.165) is 5.52 Å². The van der Waals surface area contributed by atoms with Gasteiger partial charge in [-0.15, -0.1) is 0 Å². The van der Waals surface area contributed by atoms with Crippen LogP contribution in [-0.4, -0.2) is 79.4 Å². The summed E-state index contributed by atoms with van der Waals surface area (Å²) in [6.45, 7) is 1.23. The van der Waals surface area contributed by atoms with Gasteiger partial charge in [-0.25, -0.2) is 4.39 Å². The quantitative estimate of drug-likeness (QED) is 0.304. The van der Waals surface area contributed by atoms with Gasteiger partial charge >= 0.3 is 5.97 Å². The van der Waals surface area contributed by atoms with Gasteiger partial charge in [-0.05, 0) is 23.8 Å². The first-order valence-corrected chi connectivity index (χ1v) is 12.2. The Morgan fingerprint density at radius 3 is 2.51 bits per heavy atom. The molecule has 5 rings (SSSR count). The second kappa shape index (κ2) is 10.2. The van der Waals surface area contributed by atoms with Crippen LogP contribution in [0.5, 0.6) is 0 Å². The molecule has 12 nitrogen and oxygen atoms in total. The van der Waals surface area contributed by atoms with Crippen molar-refractivity contribution < 1.29 is 28.7 Å². The van der Waals surface area contributed by atoms with Crippen molar-refractivity contribution in [3.8, 4) is 11.1 Å². The Balaban J connectivity index is 1.51. The number of carbonyl (C=O) groups excluding carboxylic acids is 3. The van der Waals surface area contributed by atoms with Gasteiger partial charge < -0.3 is 20.6 Å². The molecular formula is C26H26FN7O5. The SMILES string of the molecule is CC(=O)N1CC(c2nn(CC(=O)NCC(=O)NCC(=O)O)c3cccc(-c4cc5c(cnn5C)cc4F)c23)C1. The van der Waals surface area contributed by atoms with E-state index < -0.39 is 36.7 Å². The van der Waals surface area contributed by atoms with Gasteiger partial charge in [-0.3, -0.25) is 28.5 Å². The monoisotopic (exact) mass is 535 g/mol. The van der Waals surface area contributed by atoms with Crippen molar-refractivity contribution in [3.05, 3.63) is 48.0 Å². The van der Waals surface area contributed by atoms with E-state index in [1.165, 1.54) is 17.7 Å². The lowest BCUT2D eigenvalue weighted by molar-refractivity contribution is -0.137. The Kier molecular flexibility index (Phi) is 6.73. The van der Waals surface area contributed by atoms with Crippen LogP contribution >= 0.6 is 0 Å². The Hall–Kier alpha value is -4.81. The number of halogens is 1. The number of hydrogen-bond acceptors (Lipinski definition) is 6. The lowest BCUT2D eigenvalue weighted by Crippen LogP contribution is -2.47. The number of carboxylic acids is 1. The molecule has 1 aliphatic rings. The fourth-order valence-corrected chi connectivity index (χ4v) is 4.78. The van der Waals surface area contributed by atoms with Crippen LogP contribution in [-0.2, 0) is 32.8 Å². The van der Waals surface area contributed by atoms with Gasteiger partial charge in [0.2, 0.25) is 17.7 Å². The molecule has 0 aliphatic carbocycles. The largest absolute Gasteiger partial charge is 0.480 e. The summed E-state index contributed by atoms with van der Waals surface area (Å²) in [5.41, 5.74) is 2.96. The molecule has 0 atom stereocenters. The van der Waals surface area contributed by atoms with Gasteiger partial charge in [0.15, 0.2) is 0 Å². The fourth-order valence-electron chi connectivity index (χ4n) is 4.78. The van der Waals surface area contributed by atoms with Gasteiger partial charge in [0.25, 0.3) is 0 Å². The van der Waals surface area contributed by atoms with Crippen LogP contribution in [0.2, 0.25) is 0 Å². The van der Waals surface area contributed by atoms with E-state index in [1.54, 1.807) is 47.1 Å². The number of amides is 3. The highest BCUT2D eigenvalue weighted by molar-refractivity contribution is 6.00. The number of aromatic nitrogens is 4. The molecule has 1 aliphatic heterocycles. The van der Waals surface area contributed by atoms with Crippen molar-refractivity contribution in [2.24, 2.45) is 7.05 Å². The number of carbonyl (C=O) groups is 4. The zero-order chi connectivity index (χ0) is 27.8. The van der Waals surface area contributed by atoms with Gasteiger partial charge in [0, 0.05) is 49.3 Å². The maximum absolute atomic E-state index is 15.4. The molecule has 3 N–H and O–H groups in total. The molecule has 2 aromatic carbocycles. The second-order valence-electron chi connectivity index (χ2n) is 9.47. The molecule has 0 bridgehead atoms. The molecule has 4 aromatic rings. The summed E-state index contributed by atoms with van der Waals surface area (Å²) >= 11 is 0. The Morgan fingerprint density at radius 2 is 1.79 bits per heavy atom. The molecule has 2 aromatic heterocycles. The molecule has 3 heterocycles. The molecule has 39 heavy (non-hydrogen) atoms. The molecule has 3 amide bonds. The number of nitrogens with zero attached hydrogens (tertiary/aromatic N) is 5. The van der Waals surface area contributed by atoms with Crippen molar-refractivity contribution in [3.63, 3.8) is 0 Å². The summed E-state index contributed by atoms with van der Waals surface area (Å²) in [6.07, 6.45) is 1.59. The van der Waals surface area contributed by atoms with E-state index in [4.69, 9.17) is 10.2 Å². The van der Waals surface area contributed by atoms with Crippen molar-refractivity contribution in [1.29, 1.82) is 0 Å². The highest BCUT2D eigenvalue weighted by atomic mass is 19.1. The molecular weight excluding hydrogens is 509 g/mol. The molecule has 0 saturated carbocycles. The molecule has 13 heteroatoms. The number of carboxylic acid groups (broad SMARTS) is 1. The molecule has 0 unspecified atom stereocenters. The first-order valence-electron chi connectivity index (χ1n) is 12.2. The van der Waals surface area contributed by atoms with Crippen LogP contribution in [0.15, 0.2) is 36.5 Å².